The predicted octanol–water partition coefficient (Wildman–Crippen LogP) is 0.264. The fourth-order valence-corrected chi connectivity index (χ4v) is 1.65. The molecular weight excluding hydrogens is 224 g/mol. The summed E-state index contributed by atoms with van der Waals surface area (Å²) in [7, 11) is 0. The van der Waals surface area contributed by atoms with Gasteiger partial charge in [0.1, 0.15) is 5.54 Å². The number of aliphatic carboxylic acids is 1. The lowest BCUT2D eigenvalue weighted by molar-refractivity contribution is -0.144. The van der Waals surface area contributed by atoms with E-state index in [4.69, 9.17) is 20.4 Å². The maximum atomic E-state index is 11.1. The van der Waals surface area contributed by atoms with Crippen LogP contribution in [-0.4, -0.2) is 23.4 Å². The van der Waals surface area contributed by atoms with Crippen molar-refractivity contribution in [2.45, 2.75) is 18.9 Å². The lowest BCUT2D eigenvalue weighted by Crippen LogP contribution is -2.54. The number of hydrogen-bond acceptors (Lipinski definition) is 5. The second-order valence-corrected chi connectivity index (χ2v) is 4.15. The first-order chi connectivity index (χ1) is 8.05. The summed E-state index contributed by atoms with van der Waals surface area (Å²) >= 11 is 0. The van der Waals surface area contributed by atoms with E-state index in [1.807, 2.05) is 0 Å². The first kappa shape index (κ1) is 11.7. The number of benzene rings is 1. The van der Waals surface area contributed by atoms with Crippen LogP contribution in [0, 0.1) is 0 Å². The molecule has 1 aromatic carbocycles. The van der Waals surface area contributed by atoms with Gasteiger partial charge in [0.05, 0.1) is 0 Å². The van der Waals surface area contributed by atoms with Crippen molar-refractivity contribution >= 4 is 5.97 Å². The molecule has 1 atom stereocenters. The Kier molecular flexibility index (Phi) is 2.91. The highest BCUT2D eigenvalue weighted by molar-refractivity contribution is 5.78. The Bertz CT molecular complexity index is 449. The van der Waals surface area contributed by atoms with Crippen LogP contribution < -0.4 is 20.7 Å². The minimum absolute atomic E-state index is 0.199. The van der Waals surface area contributed by atoms with Crippen molar-refractivity contribution in [3.8, 4) is 11.5 Å². The van der Waals surface area contributed by atoms with Gasteiger partial charge in [0.15, 0.2) is 11.5 Å². The van der Waals surface area contributed by atoms with Gasteiger partial charge in [-0.25, -0.2) is 5.43 Å². The monoisotopic (exact) mass is 238 g/mol. The van der Waals surface area contributed by atoms with E-state index < -0.39 is 11.5 Å². The number of nitrogens with two attached hydrogens (primary N) is 1. The molecule has 0 aromatic heterocycles. The largest absolute Gasteiger partial charge is 0.480 e. The van der Waals surface area contributed by atoms with Crippen molar-refractivity contribution in [3.63, 3.8) is 0 Å². The number of ether oxygens (including phenoxy) is 2. The van der Waals surface area contributed by atoms with E-state index in [9.17, 15) is 4.79 Å². The van der Waals surface area contributed by atoms with Gasteiger partial charge in [0.2, 0.25) is 6.79 Å². The number of nitrogens with one attached hydrogen (secondary N) is 1. The van der Waals surface area contributed by atoms with Gasteiger partial charge in [-0.3, -0.25) is 10.6 Å². The van der Waals surface area contributed by atoms with Gasteiger partial charge in [-0.2, -0.15) is 0 Å². The van der Waals surface area contributed by atoms with Gasteiger partial charge in [0, 0.05) is 6.42 Å². The summed E-state index contributed by atoms with van der Waals surface area (Å²) in [6, 6.07) is 5.32. The molecule has 0 saturated heterocycles. The molecule has 0 bridgehead atoms. The molecule has 0 spiro atoms. The number of fused-ring (bicyclic) bond motifs is 1. The van der Waals surface area contributed by atoms with Gasteiger partial charge in [0.25, 0.3) is 0 Å². The van der Waals surface area contributed by atoms with Crippen LogP contribution in [0.15, 0.2) is 18.2 Å². The third-order valence-electron chi connectivity index (χ3n) is 2.79. The highest BCUT2D eigenvalue weighted by atomic mass is 16.7. The maximum absolute atomic E-state index is 11.1. The van der Waals surface area contributed by atoms with E-state index >= 15 is 0 Å². The Morgan fingerprint density at radius 1 is 1.53 bits per heavy atom. The normalized spacial score (nSPS) is 16.6. The zero-order chi connectivity index (χ0) is 12.5. The van der Waals surface area contributed by atoms with Crippen LogP contribution in [0.3, 0.4) is 0 Å². The fourth-order valence-electron chi connectivity index (χ4n) is 1.65. The second kappa shape index (κ2) is 4.23. The van der Waals surface area contributed by atoms with Crippen molar-refractivity contribution in [1.29, 1.82) is 0 Å². The smallest absolute Gasteiger partial charge is 0.325 e. The van der Waals surface area contributed by atoms with Crippen molar-refractivity contribution in [3.05, 3.63) is 23.8 Å². The lowest BCUT2D eigenvalue weighted by Gasteiger charge is -2.23. The number of carboxylic acid groups (broad SMARTS) is 1. The molecule has 17 heavy (non-hydrogen) atoms. The van der Waals surface area contributed by atoms with Crippen LogP contribution in [0.4, 0.5) is 0 Å². The van der Waals surface area contributed by atoms with E-state index in [0.29, 0.717) is 11.5 Å². The van der Waals surface area contributed by atoms with Crippen molar-refractivity contribution in [2.24, 2.45) is 5.84 Å². The van der Waals surface area contributed by atoms with E-state index in [0.717, 1.165) is 5.56 Å². The SMILES string of the molecule is CC(Cc1ccc2c(c1)OCO2)(NN)C(=O)O. The Hall–Kier alpha value is -1.79. The van der Waals surface area contributed by atoms with E-state index in [1.54, 1.807) is 18.2 Å². The van der Waals surface area contributed by atoms with Gasteiger partial charge < -0.3 is 14.6 Å². The average Bonchev–Trinajstić information content (AvgIpc) is 2.75. The molecule has 0 saturated carbocycles. The Morgan fingerprint density at radius 3 is 2.88 bits per heavy atom. The lowest BCUT2D eigenvalue weighted by atomic mass is 9.93. The maximum Gasteiger partial charge on any atom is 0.325 e. The molecule has 0 amide bonds. The van der Waals surface area contributed by atoms with E-state index in [2.05, 4.69) is 5.43 Å². The quantitative estimate of drug-likeness (QED) is 0.514. The van der Waals surface area contributed by atoms with Gasteiger partial charge in [-0.15, -0.1) is 0 Å². The van der Waals surface area contributed by atoms with Gasteiger partial charge in [-0.1, -0.05) is 6.07 Å². The Labute approximate surface area is 98.3 Å². The average molecular weight is 238 g/mol. The number of hydrazine groups is 1. The molecule has 0 aliphatic carbocycles. The molecule has 1 aliphatic rings. The van der Waals surface area contributed by atoms with E-state index in [1.165, 1.54) is 6.92 Å². The minimum atomic E-state index is -1.20. The Morgan fingerprint density at radius 2 is 2.24 bits per heavy atom. The first-order valence-corrected chi connectivity index (χ1v) is 5.15. The third kappa shape index (κ3) is 2.17. The summed E-state index contributed by atoms with van der Waals surface area (Å²) in [6.45, 7) is 1.73. The predicted molar refractivity (Wildman–Crippen MR) is 59.6 cm³/mol. The number of carbonyl (C=O) groups is 1. The molecular formula is C11H14N2O4. The number of hydrogen-bond donors (Lipinski definition) is 3. The molecule has 6 nitrogen and oxygen atoms in total. The summed E-state index contributed by atoms with van der Waals surface area (Å²) in [5.74, 6) is 5.58. The third-order valence-corrected chi connectivity index (χ3v) is 2.79. The highest BCUT2D eigenvalue weighted by Gasteiger charge is 2.32. The van der Waals surface area contributed by atoms with Gasteiger partial charge >= 0.3 is 5.97 Å². The fraction of sp³-hybridized carbons (Fsp3) is 0.364. The molecule has 0 fully saturated rings. The second-order valence-electron chi connectivity index (χ2n) is 4.15. The Balaban J connectivity index is 2.21. The standard InChI is InChI=1S/C11H14N2O4/c1-11(13-12,10(14)15)5-7-2-3-8-9(4-7)17-6-16-8/h2-4,13H,5-6,12H2,1H3,(H,14,15). The molecule has 1 unspecified atom stereocenters. The van der Waals surface area contributed by atoms with Crippen LogP contribution in [0.1, 0.15) is 12.5 Å². The summed E-state index contributed by atoms with van der Waals surface area (Å²) < 4.78 is 10.4. The van der Waals surface area contributed by atoms with Crippen LogP contribution in [-0.2, 0) is 11.2 Å². The van der Waals surface area contributed by atoms with Gasteiger partial charge in [-0.05, 0) is 24.6 Å². The van der Waals surface area contributed by atoms with Crippen LogP contribution in [0.2, 0.25) is 0 Å². The zero-order valence-electron chi connectivity index (χ0n) is 9.40. The van der Waals surface area contributed by atoms with Crippen LogP contribution in [0.25, 0.3) is 0 Å². The number of carboxylic acids is 1. The molecule has 92 valence electrons. The summed E-state index contributed by atoms with van der Waals surface area (Å²) in [5, 5.41) is 9.09. The van der Waals surface area contributed by atoms with E-state index in [-0.39, 0.29) is 13.2 Å². The minimum Gasteiger partial charge on any atom is -0.480 e. The zero-order valence-corrected chi connectivity index (χ0v) is 9.40. The van der Waals surface area contributed by atoms with Crippen molar-refractivity contribution < 1.29 is 19.4 Å². The summed E-state index contributed by atoms with van der Waals surface area (Å²) in [4.78, 5) is 11.1. The van der Waals surface area contributed by atoms with Crippen LogP contribution in [0.5, 0.6) is 11.5 Å². The molecule has 2 rings (SSSR count). The number of rotatable bonds is 4. The molecule has 6 heteroatoms. The first-order valence-electron chi connectivity index (χ1n) is 5.15. The molecule has 1 aliphatic heterocycles. The molecule has 1 heterocycles. The molecule has 4 N–H and O–H groups in total. The topological polar surface area (TPSA) is 93.8 Å². The molecule has 0 radical (unpaired) electrons. The summed E-state index contributed by atoms with van der Waals surface area (Å²) in [5.41, 5.74) is 1.94. The van der Waals surface area contributed by atoms with Crippen LogP contribution >= 0.6 is 0 Å². The van der Waals surface area contributed by atoms with Crippen molar-refractivity contribution in [2.75, 3.05) is 6.79 Å². The highest BCUT2D eigenvalue weighted by Crippen LogP contribution is 2.33. The summed E-state index contributed by atoms with van der Waals surface area (Å²) in [6.07, 6.45) is 0.259. The van der Waals surface area contributed by atoms with Crippen molar-refractivity contribution in [1.82, 2.24) is 5.43 Å². The molecule has 1 aromatic rings.